The molecule has 2 fully saturated rings. The molecule has 1 aliphatic carbocycles. The first-order chi connectivity index (χ1) is 13.5. The number of carboxylic acid groups (broad SMARTS) is 1. The highest BCUT2D eigenvalue weighted by Gasteiger charge is 2.36. The lowest BCUT2D eigenvalue weighted by Gasteiger charge is -2.42. The van der Waals surface area contributed by atoms with E-state index in [0.717, 1.165) is 47.5 Å². The van der Waals surface area contributed by atoms with Crippen LogP contribution in [0.5, 0.6) is 0 Å². The number of hydrogen-bond acceptors (Lipinski definition) is 3. The minimum absolute atomic E-state index is 0.0451. The molecule has 1 aromatic heterocycles. The van der Waals surface area contributed by atoms with E-state index in [1.54, 1.807) is 18.2 Å². The van der Waals surface area contributed by atoms with Gasteiger partial charge in [-0.1, -0.05) is 19.3 Å². The van der Waals surface area contributed by atoms with E-state index in [4.69, 9.17) is 0 Å². The number of nitrogens with zero attached hydrogens (tertiary/aromatic N) is 1. The smallest absolute Gasteiger partial charge is 0.345 e. The Morgan fingerprint density at radius 3 is 2.57 bits per heavy atom. The first-order valence-electron chi connectivity index (χ1n) is 9.99. The number of carbonyl (C=O) groups is 2. The minimum Gasteiger partial charge on any atom is -0.477 e. The van der Waals surface area contributed by atoms with Gasteiger partial charge < -0.3 is 10.0 Å². The summed E-state index contributed by atoms with van der Waals surface area (Å²) < 4.78 is 14.2. The Labute approximate surface area is 168 Å². The summed E-state index contributed by atoms with van der Waals surface area (Å²) in [4.78, 5) is 27.1. The lowest BCUT2D eigenvalue weighted by atomic mass is 9.79. The Kier molecular flexibility index (Phi) is 5.49. The Morgan fingerprint density at radius 2 is 1.86 bits per heavy atom. The van der Waals surface area contributed by atoms with Gasteiger partial charge in [0.1, 0.15) is 10.7 Å². The molecule has 1 unspecified atom stereocenters. The molecule has 0 spiro atoms. The Hall–Kier alpha value is -2.21. The van der Waals surface area contributed by atoms with Gasteiger partial charge in [0.05, 0.1) is 5.69 Å². The van der Waals surface area contributed by atoms with Crippen molar-refractivity contribution in [2.45, 2.75) is 57.4 Å². The van der Waals surface area contributed by atoms with E-state index < -0.39 is 5.97 Å². The van der Waals surface area contributed by atoms with Crippen molar-refractivity contribution in [1.82, 2.24) is 0 Å². The van der Waals surface area contributed by atoms with Crippen LogP contribution in [0.1, 0.15) is 61.0 Å². The molecule has 1 aromatic carbocycles. The van der Waals surface area contributed by atoms with Crippen LogP contribution in [0.3, 0.4) is 0 Å². The molecule has 2 aliphatic rings. The van der Waals surface area contributed by atoms with E-state index in [0.29, 0.717) is 18.0 Å². The van der Waals surface area contributed by atoms with Crippen molar-refractivity contribution < 1.29 is 19.1 Å². The molecule has 1 saturated heterocycles. The maximum atomic E-state index is 14.2. The summed E-state index contributed by atoms with van der Waals surface area (Å²) in [5.41, 5.74) is 1.31. The molecule has 1 atom stereocenters. The number of carboxylic acids is 1. The van der Waals surface area contributed by atoms with Gasteiger partial charge in [0, 0.05) is 22.9 Å². The second kappa shape index (κ2) is 8.03. The summed E-state index contributed by atoms with van der Waals surface area (Å²) in [7, 11) is 0. The van der Waals surface area contributed by atoms with E-state index in [1.165, 1.54) is 31.4 Å². The average molecular weight is 402 g/mol. The number of amides is 1. The van der Waals surface area contributed by atoms with Crippen LogP contribution in [0.25, 0.3) is 10.4 Å². The SMILES string of the molecule is O=C(O)c1ccc(-c2ccc(F)cc2N2C(=O)CCCC2C2CCCCC2)s1. The molecule has 4 rings (SSSR count). The number of thiophene rings is 1. The van der Waals surface area contributed by atoms with E-state index in [9.17, 15) is 19.1 Å². The van der Waals surface area contributed by atoms with Gasteiger partial charge in [0.2, 0.25) is 5.91 Å². The van der Waals surface area contributed by atoms with Gasteiger partial charge in [-0.25, -0.2) is 9.18 Å². The zero-order chi connectivity index (χ0) is 19.7. The number of piperidine rings is 1. The lowest BCUT2D eigenvalue weighted by molar-refractivity contribution is -0.120. The largest absolute Gasteiger partial charge is 0.477 e. The van der Waals surface area contributed by atoms with Gasteiger partial charge in [0.15, 0.2) is 0 Å². The third-order valence-corrected chi connectivity index (χ3v) is 7.09. The van der Waals surface area contributed by atoms with Crippen LogP contribution in [0.15, 0.2) is 30.3 Å². The Bertz CT molecular complexity index is 888. The van der Waals surface area contributed by atoms with Crippen LogP contribution < -0.4 is 4.90 Å². The Morgan fingerprint density at radius 1 is 1.07 bits per heavy atom. The van der Waals surface area contributed by atoms with Gasteiger partial charge in [-0.05, 0) is 61.9 Å². The van der Waals surface area contributed by atoms with Crippen molar-refractivity contribution >= 4 is 28.9 Å². The van der Waals surface area contributed by atoms with Gasteiger partial charge in [-0.3, -0.25) is 4.79 Å². The fourth-order valence-corrected chi connectivity index (χ4v) is 5.56. The van der Waals surface area contributed by atoms with Crippen LogP contribution in [-0.4, -0.2) is 23.0 Å². The summed E-state index contributed by atoms with van der Waals surface area (Å²) >= 11 is 1.16. The summed E-state index contributed by atoms with van der Waals surface area (Å²) in [5.74, 6) is -0.862. The summed E-state index contributed by atoms with van der Waals surface area (Å²) in [6.07, 6.45) is 8.14. The molecule has 148 valence electrons. The van der Waals surface area contributed by atoms with Crippen molar-refractivity contribution in [2.75, 3.05) is 4.90 Å². The van der Waals surface area contributed by atoms with Crippen molar-refractivity contribution in [3.63, 3.8) is 0 Å². The van der Waals surface area contributed by atoms with E-state index in [-0.39, 0.29) is 22.6 Å². The maximum absolute atomic E-state index is 14.2. The van der Waals surface area contributed by atoms with Crippen LogP contribution >= 0.6 is 11.3 Å². The topological polar surface area (TPSA) is 57.6 Å². The van der Waals surface area contributed by atoms with Crippen molar-refractivity contribution in [3.05, 3.63) is 41.0 Å². The van der Waals surface area contributed by atoms with Crippen molar-refractivity contribution in [1.29, 1.82) is 0 Å². The number of halogens is 1. The van der Waals surface area contributed by atoms with Crippen LogP contribution in [0, 0.1) is 11.7 Å². The molecular formula is C22H24FNO3S. The second-order valence-corrected chi connectivity index (χ2v) is 8.84. The first-order valence-corrected chi connectivity index (χ1v) is 10.8. The fraction of sp³-hybridized carbons (Fsp3) is 0.455. The quantitative estimate of drug-likeness (QED) is 0.713. The zero-order valence-corrected chi connectivity index (χ0v) is 16.5. The molecule has 0 bridgehead atoms. The summed E-state index contributed by atoms with van der Waals surface area (Å²) in [6, 6.07) is 7.89. The number of rotatable bonds is 4. The molecule has 2 heterocycles. The van der Waals surface area contributed by atoms with Crippen LogP contribution in [0.2, 0.25) is 0 Å². The van der Waals surface area contributed by atoms with Crippen molar-refractivity contribution in [3.8, 4) is 10.4 Å². The number of aromatic carboxylic acids is 1. The molecule has 1 amide bonds. The standard InChI is InChI=1S/C22H24FNO3S/c23-15-9-10-16(19-11-12-20(28-19)22(26)27)18(13-15)24-17(7-4-8-21(24)25)14-5-2-1-3-6-14/h9-14,17H,1-8H2,(H,26,27). The van der Waals surface area contributed by atoms with Gasteiger partial charge in [0.25, 0.3) is 0 Å². The second-order valence-electron chi connectivity index (χ2n) is 7.75. The molecule has 2 aromatic rings. The van der Waals surface area contributed by atoms with Gasteiger partial charge >= 0.3 is 5.97 Å². The van der Waals surface area contributed by atoms with E-state index in [2.05, 4.69) is 0 Å². The average Bonchev–Trinajstić information content (AvgIpc) is 3.19. The third kappa shape index (κ3) is 3.70. The zero-order valence-electron chi connectivity index (χ0n) is 15.7. The molecular weight excluding hydrogens is 377 g/mol. The molecule has 28 heavy (non-hydrogen) atoms. The van der Waals surface area contributed by atoms with Gasteiger partial charge in [-0.15, -0.1) is 11.3 Å². The minimum atomic E-state index is -0.978. The summed E-state index contributed by atoms with van der Waals surface area (Å²) in [5, 5.41) is 9.25. The highest BCUT2D eigenvalue weighted by atomic mass is 32.1. The lowest BCUT2D eigenvalue weighted by Crippen LogP contribution is -2.48. The Balaban J connectivity index is 1.77. The van der Waals surface area contributed by atoms with Gasteiger partial charge in [-0.2, -0.15) is 0 Å². The molecule has 1 N–H and O–H groups in total. The number of benzene rings is 1. The van der Waals surface area contributed by atoms with Crippen LogP contribution in [0.4, 0.5) is 10.1 Å². The molecule has 0 radical (unpaired) electrons. The highest BCUT2D eigenvalue weighted by Crippen LogP contribution is 2.42. The molecule has 1 aliphatic heterocycles. The van der Waals surface area contributed by atoms with E-state index in [1.807, 2.05) is 4.90 Å². The summed E-state index contributed by atoms with van der Waals surface area (Å²) in [6.45, 7) is 0. The monoisotopic (exact) mass is 401 g/mol. The first kappa shape index (κ1) is 19.1. The third-order valence-electron chi connectivity index (χ3n) is 5.99. The predicted octanol–water partition coefficient (Wildman–Crippen LogP) is 5.72. The molecule has 6 heteroatoms. The predicted molar refractivity (Wildman–Crippen MR) is 108 cm³/mol. The molecule has 1 saturated carbocycles. The molecule has 4 nitrogen and oxygen atoms in total. The maximum Gasteiger partial charge on any atom is 0.345 e. The number of carbonyl (C=O) groups excluding carboxylic acids is 1. The number of anilines is 1. The van der Waals surface area contributed by atoms with Crippen molar-refractivity contribution in [2.24, 2.45) is 5.92 Å². The normalized spacial score (nSPS) is 21.1. The highest BCUT2D eigenvalue weighted by molar-refractivity contribution is 7.17. The fourth-order valence-electron chi connectivity index (χ4n) is 4.69. The van der Waals surface area contributed by atoms with E-state index >= 15 is 0 Å². The van der Waals surface area contributed by atoms with Crippen LogP contribution in [-0.2, 0) is 4.79 Å². The number of hydrogen-bond donors (Lipinski definition) is 1.